The Kier molecular flexibility index (Phi) is 5.91. The van der Waals surface area contributed by atoms with Crippen molar-refractivity contribution in [1.29, 1.82) is 5.26 Å². The molecule has 0 radical (unpaired) electrons. The molecule has 0 aromatic heterocycles. The van der Waals surface area contributed by atoms with Crippen molar-refractivity contribution in [3.8, 4) is 6.07 Å². The van der Waals surface area contributed by atoms with Gasteiger partial charge in [0, 0.05) is 0 Å². The van der Waals surface area contributed by atoms with Crippen molar-refractivity contribution in [2.24, 2.45) is 5.92 Å². The summed E-state index contributed by atoms with van der Waals surface area (Å²) >= 11 is 0. The van der Waals surface area contributed by atoms with E-state index in [1.807, 2.05) is 12.1 Å². The van der Waals surface area contributed by atoms with Gasteiger partial charge in [-0.15, -0.1) is 0 Å². The topological polar surface area (TPSA) is 23.8 Å². The molecule has 1 aliphatic carbocycles. The molecular formula is C23H29N. The second kappa shape index (κ2) is 8.34. The summed E-state index contributed by atoms with van der Waals surface area (Å²) in [5, 5.41) is 11.5. The predicted molar refractivity (Wildman–Crippen MR) is 102 cm³/mol. The maximum Gasteiger partial charge on any atom is 0.0991 e. The van der Waals surface area contributed by atoms with Crippen molar-refractivity contribution < 1.29 is 0 Å². The smallest absolute Gasteiger partial charge is 0.0991 e. The third kappa shape index (κ3) is 4.18. The molecular weight excluding hydrogens is 290 g/mol. The Hall–Kier alpha value is -1.81. The van der Waals surface area contributed by atoms with Crippen LogP contribution in [0.15, 0.2) is 36.4 Å². The molecule has 0 heterocycles. The van der Waals surface area contributed by atoms with Crippen LogP contribution >= 0.6 is 0 Å². The van der Waals surface area contributed by atoms with E-state index in [1.165, 1.54) is 74.1 Å². The van der Waals surface area contributed by atoms with Crippen LogP contribution in [0.3, 0.4) is 0 Å². The van der Waals surface area contributed by atoms with Gasteiger partial charge in [-0.3, -0.25) is 0 Å². The number of nitrogens with zero attached hydrogens (tertiary/aromatic N) is 1. The van der Waals surface area contributed by atoms with Gasteiger partial charge < -0.3 is 0 Å². The fourth-order valence-corrected chi connectivity index (χ4v) is 4.23. The van der Waals surface area contributed by atoms with E-state index in [4.69, 9.17) is 5.26 Å². The van der Waals surface area contributed by atoms with Gasteiger partial charge in [0.25, 0.3) is 0 Å². The molecule has 1 heteroatoms. The highest BCUT2D eigenvalue weighted by molar-refractivity contribution is 5.84. The van der Waals surface area contributed by atoms with Gasteiger partial charge in [-0.25, -0.2) is 0 Å². The van der Waals surface area contributed by atoms with Gasteiger partial charge in [0.1, 0.15) is 0 Å². The van der Waals surface area contributed by atoms with E-state index in [-0.39, 0.29) is 0 Å². The van der Waals surface area contributed by atoms with Crippen molar-refractivity contribution in [3.63, 3.8) is 0 Å². The molecule has 0 bridgehead atoms. The minimum Gasteiger partial charge on any atom is -0.192 e. The molecule has 1 aliphatic rings. The second-order valence-corrected chi connectivity index (χ2v) is 7.50. The third-order valence-corrected chi connectivity index (χ3v) is 5.78. The zero-order valence-corrected chi connectivity index (χ0v) is 14.9. The number of hydrogen-bond acceptors (Lipinski definition) is 1. The molecule has 24 heavy (non-hydrogen) atoms. The molecule has 1 saturated carbocycles. The fourth-order valence-electron chi connectivity index (χ4n) is 4.23. The zero-order chi connectivity index (χ0) is 16.8. The van der Waals surface area contributed by atoms with E-state index in [2.05, 4.69) is 37.3 Å². The van der Waals surface area contributed by atoms with E-state index < -0.39 is 0 Å². The normalized spacial score (nSPS) is 20.8. The molecule has 0 N–H and O–H groups in total. The number of benzene rings is 2. The number of unbranched alkanes of at least 4 members (excludes halogenated alkanes) is 3. The highest BCUT2D eigenvalue weighted by Crippen LogP contribution is 2.38. The lowest BCUT2D eigenvalue weighted by atomic mass is 9.76. The molecule has 126 valence electrons. The van der Waals surface area contributed by atoms with Crippen molar-refractivity contribution in [3.05, 3.63) is 47.5 Å². The maximum atomic E-state index is 9.02. The Balaban J connectivity index is 1.58. The average Bonchev–Trinajstić information content (AvgIpc) is 2.65. The average molecular weight is 319 g/mol. The number of rotatable bonds is 6. The monoisotopic (exact) mass is 319 g/mol. The second-order valence-electron chi connectivity index (χ2n) is 7.50. The molecule has 1 fully saturated rings. The van der Waals surface area contributed by atoms with Gasteiger partial charge in [-0.05, 0) is 66.0 Å². The number of hydrogen-bond donors (Lipinski definition) is 0. The summed E-state index contributed by atoms with van der Waals surface area (Å²) in [5.74, 6) is 1.70. The van der Waals surface area contributed by atoms with Crippen molar-refractivity contribution in [1.82, 2.24) is 0 Å². The first-order valence-electron chi connectivity index (χ1n) is 9.74. The van der Waals surface area contributed by atoms with Crippen LogP contribution in [0, 0.1) is 17.2 Å². The molecule has 2 aromatic carbocycles. The first-order valence-corrected chi connectivity index (χ1v) is 9.74. The molecule has 0 amide bonds. The highest BCUT2D eigenvalue weighted by Gasteiger charge is 2.22. The summed E-state index contributed by atoms with van der Waals surface area (Å²) in [6.45, 7) is 2.29. The SMILES string of the molecule is CCCCCC[C@H]1CC[C@H](c2ccc3cc(C#N)ccc3c2)CC1. The Bertz CT molecular complexity index is 702. The van der Waals surface area contributed by atoms with Gasteiger partial charge in [-0.1, -0.05) is 63.3 Å². The summed E-state index contributed by atoms with van der Waals surface area (Å²) < 4.78 is 0. The van der Waals surface area contributed by atoms with Crippen molar-refractivity contribution >= 4 is 10.8 Å². The summed E-state index contributed by atoms with van der Waals surface area (Å²) in [6.07, 6.45) is 12.5. The van der Waals surface area contributed by atoms with Gasteiger partial charge in [0.15, 0.2) is 0 Å². The lowest BCUT2D eigenvalue weighted by molar-refractivity contribution is 0.302. The molecule has 0 unspecified atom stereocenters. The third-order valence-electron chi connectivity index (χ3n) is 5.78. The first-order chi connectivity index (χ1) is 11.8. The molecule has 0 atom stereocenters. The van der Waals surface area contributed by atoms with Crippen LogP contribution in [-0.2, 0) is 0 Å². The largest absolute Gasteiger partial charge is 0.192 e. The van der Waals surface area contributed by atoms with Crippen LogP contribution in [0.5, 0.6) is 0 Å². The van der Waals surface area contributed by atoms with E-state index in [0.717, 1.165) is 17.4 Å². The zero-order valence-electron chi connectivity index (χ0n) is 14.9. The maximum absolute atomic E-state index is 9.02. The Morgan fingerprint density at radius 2 is 1.67 bits per heavy atom. The summed E-state index contributed by atoms with van der Waals surface area (Å²) in [5.41, 5.74) is 2.25. The van der Waals surface area contributed by atoms with Crippen LogP contribution in [0.2, 0.25) is 0 Å². The van der Waals surface area contributed by atoms with Crippen LogP contribution in [-0.4, -0.2) is 0 Å². The van der Waals surface area contributed by atoms with Crippen LogP contribution in [0.4, 0.5) is 0 Å². The lowest BCUT2D eigenvalue weighted by Gasteiger charge is -2.29. The van der Waals surface area contributed by atoms with E-state index in [1.54, 1.807) is 0 Å². The lowest BCUT2D eigenvalue weighted by Crippen LogP contribution is -2.13. The quantitative estimate of drug-likeness (QED) is 0.528. The minimum absolute atomic E-state index is 0.733. The molecule has 0 saturated heterocycles. The van der Waals surface area contributed by atoms with Crippen LogP contribution < -0.4 is 0 Å². The minimum atomic E-state index is 0.733. The van der Waals surface area contributed by atoms with Gasteiger partial charge in [-0.2, -0.15) is 5.26 Å². The van der Waals surface area contributed by atoms with E-state index >= 15 is 0 Å². The standard InChI is InChI=1S/C23H29N/c1-2-3-4-5-6-18-7-10-20(11-8-18)22-14-13-21-15-19(17-24)9-12-23(21)16-22/h9,12-16,18,20H,2-8,10-11H2,1H3/t18-,20-. The van der Waals surface area contributed by atoms with Crippen molar-refractivity contribution in [2.45, 2.75) is 70.6 Å². The van der Waals surface area contributed by atoms with E-state index in [0.29, 0.717) is 0 Å². The fraction of sp³-hybridized carbons (Fsp3) is 0.522. The molecule has 3 rings (SSSR count). The molecule has 0 spiro atoms. The molecule has 2 aromatic rings. The van der Waals surface area contributed by atoms with Gasteiger partial charge in [0.2, 0.25) is 0 Å². The highest BCUT2D eigenvalue weighted by atomic mass is 14.3. The summed E-state index contributed by atoms with van der Waals surface area (Å²) in [4.78, 5) is 0. The van der Waals surface area contributed by atoms with Crippen molar-refractivity contribution in [2.75, 3.05) is 0 Å². The van der Waals surface area contributed by atoms with Gasteiger partial charge >= 0.3 is 0 Å². The molecule has 0 aliphatic heterocycles. The van der Waals surface area contributed by atoms with Crippen LogP contribution in [0.1, 0.15) is 81.8 Å². The van der Waals surface area contributed by atoms with Crippen LogP contribution in [0.25, 0.3) is 10.8 Å². The number of fused-ring (bicyclic) bond motifs is 1. The Morgan fingerprint density at radius 3 is 2.42 bits per heavy atom. The summed E-state index contributed by atoms with van der Waals surface area (Å²) in [7, 11) is 0. The predicted octanol–water partition coefficient (Wildman–Crippen LogP) is 6.96. The Labute approximate surface area is 146 Å². The molecule has 1 nitrogen and oxygen atoms in total. The Morgan fingerprint density at radius 1 is 0.917 bits per heavy atom. The van der Waals surface area contributed by atoms with E-state index in [9.17, 15) is 0 Å². The summed E-state index contributed by atoms with van der Waals surface area (Å²) in [6, 6.07) is 15.1. The number of nitriles is 1. The van der Waals surface area contributed by atoms with Gasteiger partial charge in [0.05, 0.1) is 11.6 Å². The first kappa shape index (κ1) is 17.0.